The van der Waals surface area contributed by atoms with Crippen molar-refractivity contribution in [3.8, 4) is 17.1 Å². The molecule has 0 amide bonds. The number of nitrogens with zero attached hydrogens (tertiary/aromatic N) is 3. The Morgan fingerprint density at radius 3 is 2.16 bits per heavy atom. The summed E-state index contributed by atoms with van der Waals surface area (Å²) in [6.45, 7) is 16.7. The number of aliphatic carboxylic acids is 1. The Hall–Kier alpha value is -3.41. The van der Waals surface area contributed by atoms with Crippen LogP contribution in [0, 0.1) is 19.8 Å². The van der Waals surface area contributed by atoms with Crippen molar-refractivity contribution in [2.75, 3.05) is 11.9 Å². The highest BCUT2D eigenvalue weighted by molar-refractivity contribution is 5.79. The van der Waals surface area contributed by atoms with Crippen LogP contribution in [0.4, 0.5) is 5.82 Å². The van der Waals surface area contributed by atoms with E-state index >= 15 is 0 Å². The first kappa shape index (κ1) is 29.2. The largest absolute Gasteiger partial charge is 0.488 e. The number of ether oxygens (including phenoxy) is 1. The molecular formula is C32H43N3O3. The summed E-state index contributed by atoms with van der Waals surface area (Å²) in [7, 11) is 1.81. The molecule has 3 aromatic rings. The van der Waals surface area contributed by atoms with E-state index < -0.39 is 12.0 Å². The van der Waals surface area contributed by atoms with Gasteiger partial charge < -0.3 is 14.7 Å². The highest BCUT2D eigenvalue weighted by Gasteiger charge is 2.30. The fourth-order valence-corrected chi connectivity index (χ4v) is 4.99. The molecule has 0 aliphatic heterocycles. The fourth-order valence-electron chi connectivity index (χ4n) is 4.99. The van der Waals surface area contributed by atoms with E-state index in [0.29, 0.717) is 17.6 Å². The second-order valence-corrected chi connectivity index (χ2v) is 10.7. The number of aromatic nitrogens is 2. The molecular weight excluding hydrogens is 474 g/mol. The monoisotopic (exact) mass is 517 g/mol. The molecule has 0 fully saturated rings. The molecule has 6 heteroatoms. The third-order valence-corrected chi connectivity index (χ3v) is 7.30. The van der Waals surface area contributed by atoms with Crippen LogP contribution in [0.3, 0.4) is 0 Å². The maximum absolute atomic E-state index is 12.3. The zero-order valence-corrected chi connectivity index (χ0v) is 24.4. The van der Waals surface area contributed by atoms with Gasteiger partial charge in [0, 0.05) is 12.6 Å². The number of carbonyl (C=O) groups is 1. The summed E-state index contributed by atoms with van der Waals surface area (Å²) in [4.78, 5) is 24.1. The molecule has 1 N–H and O–H groups in total. The van der Waals surface area contributed by atoms with Crippen molar-refractivity contribution in [1.82, 2.24) is 9.97 Å². The average Bonchev–Trinajstić information content (AvgIpc) is 2.87. The summed E-state index contributed by atoms with van der Waals surface area (Å²) in [6, 6.07) is 11.9. The van der Waals surface area contributed by atoms with Gasteiger partial charge >= 0.3 is 5.97 Å². The highest BCUT2D eigenvalue weighted by atomic mass is 16.5. The van der Waals surface area contributed by atoms with Gasteiger partial charge in [0.2, 0.25) is 0 Å². The molecule has 0 aliphatic carbocycles. The van der Waals surface area contributed by atoms with Crippen LogP contribution < -0.4 is 9.64 Å². The van der Waals surface area contributed by atoms with Crippen LogP contribution in [0.15, 0.2) is 36.4 Å². The van der Waals surface area contributed by atoms with E-state index in [2.05, 4.69) is 64.1 Å². The van der Waals surface area contributed by atoms with Crippen molar-refractivity contribution < 1.29 is 14.6 Å². The maximum Gasteiger partial charge on any atom is 0.326 e. The van der Waals surface area contributed by atoms with Crippen LogP contribution >= 0.6 is 0 Å². The van der Waals surface area contributed by atoms with Gasteiger partial charge in [-0.3, -0.25) is 0 Å². The van der Waals surface area contributed by atoms with Crippen molar-refractivity contribution >= 4 is 11.8 Å². The Morgan fingerprint density at radius 1 is 1.00 bits per heavy atom. The number of likely N-dealkylation sites (N-methyl/N-ethyl adjacent to an activating group) is 1. The SMILES string of the molecule is CCc1cccc(CC)c1-c1nc(C)c(COc2cc(C(C)C)ccc2C)c(N(C)[C@H](C(=O)O)C(C)C)n1. The Bertz CT molecular complexity index is 1260. The zero-order valence-electron chi connectivity index (χ0n) is 24.4. The number of aryl methyl sites for hydroxylation is 4. The quantitative estimate of drug-likeness (QED) is 0.291. The summed E-state index contributed by atoms with van der Waals surface area (Å²) < 4.78 is 6.37. The lowest BCUT2D eigenvalue weighted by Crippen LogP contribution is -2.43. The topological polar surface area (TPSA) is 75.5 Å². The Morgan fingerprint density at radius 2 is 1.63 bits per heavy atom. The minimum absolute atomic E-state index is 0.121. The van der Waals surface area contributed by atoms with E-state index in [4.69, 9.17) is 14.7 Å². The zero-order chi connectivity index (χ0) is 28.1. The fraction of sp³-hybridized carbons (Fsp3) is 0.469. The first-order valence-corrected chi connectivity index (χ1v) is 13.7. The minimum atomic E-state index is -0.879. The van der Waals surface area contributed by atoms with Gasteiger partial charge in [0.1, 0.15) is 24.2 Å². The van der Waals surface area contributed by atoms with Gasteiger partial charge in [-0.05, 0) is 66.8 Å². The minimum Gasteiger partial charge on any atom is -0.488 e. The predicted molar refractivity (Wildman–Crippen MR) is 155 cm³/mol. The number of benzene rings is 2. The Labute approximate surface area is 228 Å². The number of carboxylic acid groups (broad SMARTS) is 1. The molecule has 1 heterocycles. The van der Waals surface area contributed by atoms with Crippen molar-refractivity contribution in [3.63, 3.8) is 0 Å². The van der Waals surface area contributed by atoms with E-state index in [-0.39, 0.29) is 12.5 Å². The summed E-state index contributed by atoms with van der Waals surface area (Å²) in [6.07, 6.45) is 1.72. The van der Waals surface area contributed by atoms with E-state index in [1.807, 2.05) is 34.7 Å². The summed E-state index contributed by atoms with van der Waals surface area (Å²) >= 11 is 0. The normalized spacial score (nSPS) is 12.2. The van der Waals surface area contributed by atoms with Crippen LogP contribution in [0.2, 0.25) is 0 Å². The van der Waals surface area contributed by atoms with Gasteiger partial charge in [0.25, 0.3) is 0 Å². The average molecular weight is 518 g/mol. The predicted octanol–water partition coefficient (Wildman–Crippen LogP) is 7.13. The molecule has 38 heavy (non-hydrogen) atoms. The van der Waals surface area contributed by atoms with Gasteiger partial charge in [-0.15, -0.1) is 0 Å². The van der Waals surface area contributed by atoms with E-state index in [1.165, 1.54) is 16.7 Å². The molecule has 6 nitrogen and oxygen atoms in total. The lowest BCUT2D eigenvalue weighted by molar-refractivity contribution is -0.139. The molecule has 0 spiro atoms. The van der Waals surface area contributed by atoms with Crippen LogP contribution in [0.5, 0.6) is 5.75 Å². The first-order chi connectivity index (χ1) is 18.0. The van der Waals surface area contributed by atoms with Gasteiger partial charge in [-0.25, -0.2) is 14.8 Å². The molecule has 204 valence electrons. The molecule has 0 saturated carbocycles. The number of hydrogen-bond acceptors (Lipinski definition) is 5. The molecule has 0 radical (unpaired) electrons. The Kier molecular flexibility index (Phi) is 9.53. The van der Waals surface area contributed by atoms with E-state index in [9.17, 15) is 9.90 Å². The van der Waals surface area contributed by atoms with Crippen LogP contribution in [0.25, 0.3) is 11.4 Å². The summed E-state index contributed by atoms with van der Waals surface area (Å²) in [5.74, 6) is 1.43. The maximum atomic E-state index is 12.3. The molecule has 0 saturated heterocycles. The molecule has 0 aliphatic rings. The van der Waals surface area contributed by atoms with Gasteiger partial charge in [0.05, 0.1) is 11.3 Å². The van der Waals surface area contributed by atoms with Gasteiger partial charge in [0.15, 0.2) is 5.82 Å². The third-order valence-electron chi connectivity index (χ3n) is 7.30. The summed E-state index contributed by atoms with van der Waals surface area (Å²) in [5, 5.41) is 10.1. The van der Waals surface area contributed by atoms with Crippen LogP contribution in [0.1, 0.15) is 81.0 Å². The van der Waals surface area contributed by atoms with Gasteiger partial charge in [-0.2, -0.15) is 0 Å². The standard InChI is InChI=1S/C32H43N3O3/c1-10-23-13-12-14-24(11-2)28(23)30-33-22(8)26(31(34-30)35(9)29(20(5)6)32(36)37)18-38-27-17-25(19(3)4)16-15-21(27)7/h12-17,19-20,29H,10-11,18H2,1-9H3,(H,36,37)/t29-/m0/s1. The lowest BCUT2D eigenvalue weighted by Gasteiger charge is -2.31. The Balaban J connectivity index is 2.18. The molecule has 0 unspecified atom stereocenters. The van der Waals surface area contributed by atoms with Crippen molar-refractivity contribution in [3.05, 3.63) is 69.9 Å². The number of carboxylic acids is 1. The molecule has 1 atom stereocenters. The number of hydrogen-bond donors (Lipinski definition) is 1. The lowest BCUT2D eigenvalue weighted by atomic mass is 9.96. The van der Waals surface area contributed by atoms with Gasteiger partial charge in [-0.1, -0.05) is 71.9 Å². The van der Waals surface area contributed by atoms with Crippen molar-refractivity contribution in [2.45, 2.75) is 86.8 Å². The third kappa shape index (κ3) is 6.17. The van der Waals surface area contributed by atoms with Crippen molar-refractivity contribution in [1.29, 1.82) is 0 Å². The van der Waals surface area contributed by atoms with Crippen molar-refractivity contribution in [2.24, 2.45) is 5.92 Å². The number of anilines is 1. The second-order valence-electron chi connectivity index (χ2n) is 10.7. The van der Waals surface area contributed by atoms with Crippen LogP contribution in [-0.2, 0) is 24.2 Å². The molecule has 1 aromatic heterocycles. The smallest absolute Gasteiger partial charge is 0.326 e. The summed E-state index contributed by atoms with van der Waals surface area (Å²) in [5.41, 5.74) is 7.25. The number of rotatable bonds is 11. The first-order valence-electron chi connectivity index (χ1n) is 13.7. The van der Waals surface area contributed by atoms with Crippen LogP contribution in [-0.4, -0.2) is 34.1 Å². The van der Waals surface area contributed by atoms with E-state index in [1.54, 1.807) is 4.90 Å². The van der Waals surface area contributed by atoms with E-state index in [0.717, 1.165) is 41.0 Å². The second kappa shape index (κ2) is 12.4. The molecule has 3 rings (SSSR count). The highest BCUT2D eigenvalue weighted by Crippen LogP contribution is 2.33. The molecule has 2 aromatic carbocycles. The molecule has 0 bridgehead atoms.